The number of hydrogen-bond donors (Lipinski definition) is 4. The smallest absolute Gasteiger partial charge is 0.408 e. The number of nitrogens with zero attached hydrogens (tertiary/aromatic N) is 1. The minimum absolute atomic E-state index is 0.120. The summed E-state index contributed by atoms with van der Waals surface area (Å²) in [6.45, 7) is 12.2. The van der Waals surface area contributed by atoms with Crippen LogP contribution in [0.4, 0.5) is 4.79 Å². The van der Waals surface area contributed by atoms with Crippen LogP contribution in [-0.2, 0) is 30.3 Å². The van der Waals surface area contributed by atoms with Crippen molar-refractivity contribution in [1.82, 2.24) is 15.5 Å². The van der Waals surface area contributed by atoms with Gasteiger partial charge in [0.2, 0.25) is 11.8 Å². The first-order valence-corrected chi connectivity index (χ1v) is 14.6. The summed E-state index contributed by atoms with van der Waals surface area (Å²) in [4.78, 5) is 55.0. The highest BCUT2D eigenvalue weighted by Gasteiger charge is 2.38. The number of ether oxygens (including phenoxy) is 2. The number of rotatable bonds is 12. The predicted molar refractivity (Wildman–Crippen MR) is 166 cm³/mol. The highest BCUT2D eigenvalue weighted by Crippen LogP contribution is 2.26. The Bertz CT molecular complexity index is 1260. The Hall–Kier alpha value is -3.96. The van der Waals surface area contributed by atoms with Crippen LogP contribution in [0, 0.1) is 13.8 Å². The zero-order chi connectivity index (χ0) is 33.2. The molecule has 2 aromatic rings. The zero-order valence-electron chi connectivity index (χ0n) is 27.0. The van der Waals surface area contributed by atoms with E-state index in [4.69, 9.17) is 9.47 Å². The molecular weight excluding hydrogens is 566 g/mol. The van der Waals surface area contributed by atoms with Gasteiger partial charge in [0.25, 0.3) is 0 Å². The molecule has 0 bridgehead atoms. The molecule has 0 radical (unpaired) electrons. The van der Waals surface area contributed by atoms with Crippen LogP contribution >= 0.6 is 0 Å². The standard InChI is InChI=1S/C33H47N3O8/c1-21-16-22(2)18-24(17-21)27(36(14-15-37)29(40)26(20-38)35-31(42)44-33(6,7)8)28(39)34-25(30(41)43-32(3,4)5)19-23-12-10-9-11-13-23/h9-13,16-18,25-27,37-38H,14-15,19-20H2,1-8H3,(H,34,39)(H,35,42). The Morgan fingerprint density at radius 3 is 1.89 bits per heavy atom. The van der Waals surface area contributed by atoms with Crippen LogP contribution in [0.1, 0.15) is 69.8 Å². The van der Waals surface area contributed by atoms with Gasteiger partial charge in [-0.3, -0.25) is 9.59 Å². The van der Waals surface area contributed by atoms with Gasteiger partial charge in [-0.1, -0.05) is 59.7 Å². The van der Waals surface area contributed by atoms with Gasteiger partial charge in [-0.2, -0.15) is 0 Å². The molecular formula is C33H47N3O8. The molecule has 3 amide bonds. The average Bonchev–Trinajstić information content (AvgIpc) is 2.89. The average molecular weight is 614 g/mol. The van der Waals surface area contributed by atoms with Crippen molar-refractivity contribution >= 4 is 23.9 Å². The number of esters is 1. The number of carbonyl (C=O) groups excluding carboxylic acids is 4. The van der Waals surface area contributed by atoms with Crippen LogP contribution in [0.5, 0.6) is 0 Å². The van der Waals surface area contributed by atoms with Crippen LogP contribution < -0.4 is 10.6 Å². The Kier molecular flexibility index (Phi) is 12.9. The van der Waals surface area contributed by atoms with E-state index in [0.717, 1.165) is 21.6 Å². The molecule has 0 aliphatic rings. The lowest BCUT2D eigenvalue weighted by atomic mass is 9.97. The van der Waals surface area contributed by atoms with Gasteiger partial charge >= 0.3 is 12.1 Å². The molecule has 3 unspecified atom stereocenters. The van der Waals surface area contributed by atoms with Crippen molar-refractivity contribution in [2.24, 2.45) is 0 Å². The minimum Gasteiger partial charge on any atom is -0.458 e. The second-order valence-electron chi connectivity index (χ2n) is 12.7. The quantitative estimate of drug-likeness (QED) is 0.266. The molecule has 11 heteroatoms. The third-order valence-corrected chi connectivity index (χ3v) is 6.21. The van der Waals surface area contributed by atoms with Crippen LogP contribution in [-0.4, -0.2) is 82.0 Å². The Morgan fingerprint density at radius 1 is 0.818 bits per heavy atom. The summed E-state index contributed by atoms with van der Waals surface area (Å²) in [5.74, 6) is -2.20. The summed E-state index contributed by atoms with van der Waals surface area (Å²) in [7, 11) is 0. The molecule has 2 rings (SSSR count). The number of aliphatic hydroxyl groups excluding tert-OH is 2. The Balaban J connectivity index is 2.57. The number of aliphatic hydroxyl groups is 2. The van der Waals surface area contributed by atoms with Gasteiger partial charge in [-0.25, -0.2) is 9.59 Å². The highest BCUT2D eigenvalue weighted by atomic mass is 16.6. The number of amides is 3. The van der Waals surface area contributed by atoms with E-state index in [1.54, 1.807) is 53.7 Å². The molecule has 0 fully saturated rings. The minimum atomic E-state index is -1.48. The van der Waals surface area contributed by atoms with E-state index < -0.39 is 66.4 Å². The maximum absolute atomic E-state index is 14.2. The molecule has 0 saturated carbocycles. The normalized spacial score (nSPS) is 13.7. The van der Waals surface area contributed by atoms with E-state index in [-0.39, 0.29) is 13.0 Å². The SMILES string of the molecule is Cc1cc(C)cc(C(C(=O)NC(Cc2ccccc2)C(=O)OC(C)(C)C)N(CCO)C(=O)C(CO)NC(=O)OC(C)(C)C)c1. The van der Waals surface area contributed by atoms with E-state index in [9.17, 15) is 29.4 Å². The second-order valence-corrected chi connectivity index (χ2v) is 12.7. The number of benzene rings is 2. The van der Waals surface area contributed by atoms with E-state index in [1.807, 2.05) is 50.2 Å². The molecule has 3 atom stereocenters. The molecule has 0 aliphatic heterocycles. The third-order valence-electron chi connectivity index (χ3n) is 6.21. The summed E-state index contributed by atoms with van der Waals surface area (Å²) >= 11 is 0. The lowest BCUT2D eigenvalue weighted by molar-refractivity contribution is -0.159. The summed E-state index contributed by atoms with van der Waals surface area (Å²) in [5, 5.41) is 25.2. The summed E-state index contributed by atoms with van der Waals surface area (Å²) in [5.41, 5.74) is 1.12. The number of carbonyl (C=O) groups is 4. The van der Waals surface area contributed by atoms with Crippen molar-refractivity contribution < 1.29 is 38.9 Å². The first kappa shape index (κ1) is 36.2. The van der Waals surface area contributed by atoms with Gasteiger partial charge in [0.1, 0.15) is 29.3 Å². The third kappa shape index (κ3) is 11.6. The summed E-state index contributed by atoms with van der Waals surface area (Å²) < 4.78 is 10.9. The van der Waals surface area contributed by atoms with Gasteiger partial charge < -0.3 is 35.2 Å². The number of aryl methyl sites for hydroxylation is 2. The first-order chi connectivity index (χ1) is 20.4. The molecule has 0 heterocycles. The predicted octanol–water partition coefficient (Wildman–Crippen LogP) is 3.12. The molecule has 11 nitrogen and oxygen atoms in total. The van der Waals surface area contributed by atoms with Crippen LogP contribution in [0.2, 0.25) is 0 Å². The molecule has 0 aliphatic carbocycles. The van der Waals surface area contributed by atoms with Crippen LogP contribution in [0.15, 0.2) is 48.5 Å². The highest BCUT2D eigenvalue weighted by molar-refractivity contribution is 5.94. The molecule has 0 spiro atoms. The lowest BCUT2D eigenvalue weighted by Crippen LogP contribution is -2.56. The van der Waals surface area contributed by atoms with Gasteiger partial charge in [0.05, 0.1) is 13.2 Å². The second kappa shape index (κ2) is 15.7. The van der Waals surface area contributed by atoms with Gasteiger partial charge in [0, 0.05) is 13.0 Å². The van der Waals surface area contributed by atoms with Gasteiger partial charge in [-0.15, -0.1) is 0 Å². The van der Waals surface area contributed by atoms with Crippen molar-refractivity contribution in [2.45, 2.75) is 91.1 Å². The fraction of sp³-hybridized carbons (Fsp3) is 0.515. The molecule has 2 aromatic carbocycles. The maximum Gasteiger partial charge on any atom is 0.408 e. The largest absolute Gasteiger partial charge is 0.458 e. The maximum atomic E-state index is 14.2. The molecule has 0 saturated heterocycles. The van der Waals surface area contributed by atoms with E-state index in [0.29, 0.717) is 5.56 Å². The Labute approximate surface area is 259 Å². The fourth-order valence-corrected chi connectivity index (χ4v) is 4.62. The molecule has 4 N–H and O–H groups in total. The van der Waals surface area contributed by atoms with Crippen molar-refractivity contribution in [2.75, 3.05) is 19.8 Å². The monoisotopic (exact) mass is 613 g/mol. The summed E-state index contributed by atoms with van der Waals surface area (Å²) in [6.07, 6.45) is -0.817. The van der Waals surface area contributed by atoms with Crippen molar-refractivity contribution in [3.63, 3.8) is 0 Å². The van der Waals surface area contributed by atoms with Gasteiger partial charge in [-0.05, 0) is 66.5 Å². The number of nitrogens with one attached hydrogen (secondary N) is 2. The Morgan fingerprint density at radius 2 is 1.39 bits per heavy atom. The van der Waals surface area contributed by atoms with Crippen LogP contribution in [0.25, 0.3) is 0 Å². The molecule has 44 heavy (non-hydrogen) atoms. The van der Waals surface area contributed by atoms with Crippen molar-refractivity contribution in [3.8, 4) is 0 Å². The van der Waals surface area contributed by atoms with Crippen molar-refractivity contribution in [1.29, 1.82) is 0 Å². The van der Waals surface area contributed by atoms with Crippen molar-refractivity contribution in [3.05, 3.63) is 70.8 Å². The molecule has 242 valence electrons. The van der Waals surface area contributed by atoms with E-state index in [1.165, 1.54) is 0 Å². The fourth-order valence-electron chi connectivity index (χ4n) is 4.62. The van der Waals surface area contributed by atoms with E-state index in [2.05, 4.69) is 10.6 Å². The number of alkyl carbamates (subject to hydrolysis) is 1. The van der Waals surface area contributed by atoms with Gasteiger partial charge in [0.15, 0.2) is 0 Å². The zero-order valence-corrected chi connectivity index (χ0v) is 27.0. The van der Waals surface area contributed by atoms with Crippen LogP contribution in [0.3, 0.4) is 0 Å². The first-order valence-electron chi connectivity index (χ1n) is 14.6. The van der Waals surface area contributed by atoms with E-state index >= 15 is 0 Å². The summed E-state index contributed by atoms with van der Waals surface area (Å²) in [6, 6.07) is 10.5. The topological polar surface area (TPSA) is 154 Å². The number of hydrogen-bond acceptors (Lipinski definition) is 8. The lowest BCUT2D eigenvalue weighted by Gasteiger charge is -2.35. The molecule has 0 aromatic heterocycles.